The van der Waals surface area contributed by atoms with Crippen LogP contribution in [0.1, 0.15) is 25.7 Å². The van der Waals surface area contributed by atoms with E-state index in [1.165, 1.54) is 6.42 Å². The number of nitrogens with one attached hydrogen (secondary N) is 1. The Labute approximate surface area is 73.0 Å². The van der Waals surface area contributed by atoms with Crippen molar-refractivity contribution in [3.63, 3.8) is 0 Å². The van der Waals surface area contributed by atoms with E-state index in [4.69, 9.17) is 0 Å². The Balaban J connectivity index is 2.32. The molecule has 3 nitrogen and oxygen atoms in total. The molecule has 66 valence electrons. The van der Waals surface area contributed by atoms with Crippen molar-refractivity contribution in [1.82, 2.24) is 5.32 Å². The van der Waals surface area contributed by atoms with E-state index < -0.39 is 10.3 Å². The molecular weight excluding hydrogens is 174 g/mol. The fourth-order valence-electron chi connectivity index (χ4n) is 1.85. The zero-order chi connectivity index (χ0) is 8.55. The van der Waals surface area contributed by atoms with E-state index >= 15 is 0 Å². The second kappa shape index (κ2) is 2.94. The average molecular weight is 185 g/mol. The first-order valence-electron chi connectivity index (χ1n) is 4.19. The van der Waals surface area contributed by atoms with Gasteiger partial charge in [-0.15, -0.1) is 0 Å². The minimum Gasteiger partial charge on any atom is -0.350 e. The Morgan fingerprint density at radius 1 is 1.50 bits per heavy atom. The summed E-state index contributed by atoms with van der Waals surface area (Å²) in [5.74, 6) is 0.451. The molecule has 0 spiro atoms. The van der Waals surface area contributed by atoms with Crippen molar-refractivity contribution in [3.8, 4) is 0 Å². The summed E-state index contributed by atoms with van der Waals surface area (Å²) in [6, 6.07) is 0. The number of fused-ring (bicyclic) bond motifs is 1. The van der Waals surface area contributed by atoms with Gasteiger partial charge in [0.1, 0.15) is 4.99 Å². The molecule has 1 aliphatic heterocycles. The lowest BCUT2D eigenvalue weighted by Crippen LogP contribution is -2.15. The van der Waals surface area contributed by atoms with Gasteiger partial charge in [-0.1, -0.05) is 6.08 Å². The van der Waals surface area contributed by atoms with Crippen LogP contribution < -0.4 is 5.32 Å². The fourth-order valence-corrected chi connectivity index (χ4v) is 2.39. The molecule has 0 aromatic carbocycles. The maximum Gasteiger partial charge on any atom is 0.233 e. The molecule has 0 aromatic rings. The van der Waals surface area contributed by atoms with E-state index in [2.05, 4.69) is 11.4 Å². The molecule has 1 heterocycles. The molecule has 0 saturated carbocycles. The number of hydrogen-bond donors (Lipinski definition) is 1. The lowest BCUT2D eigenvalue weighted by Gasteiger charge is -2.14. The highest BCUT2D eigenvalue weighted by Gasteiger charge is 2.27. The second-order valence-corrected chi connectivity index (χ2v) is 4.24. The monoisotopic (exact) mass is 185 g/mol. The Morgan fingerprint density at radius 2 is 2.33 bits per heavy atom. The quantitative estimate of drug-likeness (QED) is 0.564. The highest BCUT2D eigenvalue weighted by molar-refractivity contribution is 7.72. The zero-order valence-corrected chi connectivity index (χ0v) is 7.52. The number of rotatable bonds is 0. The van der Waals surface area contributed by atoms with Gasteiger partial charge in [0.25, 0.3) is 0 Å². The van der Waals surface area contributed by atoms with Gasteiger partial charge < -0.3 is 5.32 Å². The first kappa shape index (κ1) is 7.86. The smallest absolute Gasteiger partial charge is 0.233 e. The van der Waals surface area contributed by atoms with Crippen LogP contribution in [0.3, 0.4) is 0 Å². The maximum absolute atomic E-state index is 10.6. The van der Waals surface area contributed by atoms with Crippen molar-refractivity contribution in [3.05, 3.63) is 11.8 Å². The van der Waals surface area contributed by atoms with Crippen molar-refractivity contribution in [2.24, 2.45) is 5.92 Å². The molecule has 0 aromatic heterocycles. The molecule has 4 heteroatoms. The molecule has 1 N–H and O–H groups in total. The molecule has 1 aliphatic carbocycles. The Morgan fingerprint density at radius 3 is 3.00 bits per heavy atom. The molecule has 1 atom stereocenters. The fraction of sp³-hybridized carbons (Fsp3) is 0.625. The summed E-state index contributed by atoms with van der Waals surface area (Å²) in [5.41, 5.74) is 1.13. The zero-order valence-electron chi connectivity index (χ0n) is 6.71. The summed E-state index contributed by atoms with van der Waals surface area (Å²) in [4.78, 5) is 0.466. The van der Waals surface area contributed by atoms with Gasteiger partial charge in [-0.25, -0.2) is 0 Å². The van der Waals surface area contributed by atoms with Gasteiger partial charge in [0.05, 0.1) is 0 Å². The van der Waals surface area contributed by atoms with E-state index in [1.54, 1.807) is 0 Å². The molecule has 0 amide bonds. The highest BCUT2D eigenvalue weighted by Crippen LogP contribution is 2.30. The minimum absolute atomic E-state index is 0.451. The standard InChI is InChI=1S/C8H11NO2S/c10-12(11)8-5-6-3-1-2-4-7(6)9-8/h4,6,9H,1-3,5H2. The van der Waals surface area contributed by atoms with Crippen molar-refractivity contribution >= 4 is 15.3 Å². The van der Waals surface area contributed by atoms with Crippen LogP contribution in [-0.4, -0.2) is 13.4 Å². The Kier molecular flexibility index (Phi) is 1.92. The third-order valence-electron chi connectivity index (χ3n) is 2.48. The molecule has 0 bridgehead atoms. The average Bonchev–Trinajstić information content (AvgIpc) is 2.46. The Bertz CT molecular complexity index is 345. The van der Waals surface area contributed by atoms with E-state index in [1.807, 2.05) is 0 Å². The van der Waals surface area contributed by atoms with Crippen LogP contribution in [0.15, 0.2) is 11.8 Å². The van der Waals surface area contributed by atoms with Crippen LogP contribution in [0, 0.1) is 5.92 Å². The first-order chi connectivity index (χ1) is 5.77. The molecule has 1 fully saturated rings. The van der Waals surface area contributed by atoms with Crippen molar-refractivity contribution in [2.75, 3.05) is 0 Å². The SMILES string of the molecule is O=S(=O)=C1CC2CCCC=C2N1. The third kappa shape index (κ3) is 1.27. The van der Waals surface area contributed by atoms with Gasteiger partial charge in [0.15, 0.2) is 0 Å². The molecule has 1 saturated heterocycles. The van der Waals surface area contributed by atoms with Crippen LogP contribution in [0.2, 0.25) is 0 Å². The molecule has 2 aliphatic rings. The largest absolute Gasteiger partial charge is 0.350 e. The van der Waals surface area contributed by atoms with Crippen LogP contribution in [0.25, 0.3) is 0 Å². The van der Waals surface area contributed by atoms with Crippen molar-refractivity contribution < 1.29 is 8.42 Å². The molecule has 0 radical (unpaired) electrons. The Hall–Kier alpha value is -0.770. The van der Waals surface area contributed by atoms with Crippen LogP contribution in [0.4, 0.5) is 0 Å². The van der Waals surface area contributed by atoms with Crippen molar-refractivity contribution in [1.29, 1.82) is 0 Å². The normalized spacial score (nSPS) is 27.5. The number of allylic oxidation sites excluding steroid dienone is 2. The summed E-state index contributed by atoms with van der Waals surface area (Å²) in [7, 11) is -2.04. The topological polar surface area (TPSA) is 46.2 Å². The highest BCUT2D eigenvalue weighted by atomic mass is 32.2. The summed E-state index contributed by atoms with van der Waals surface area (Å²) < 4.78 is 21.2. The van der Waals surface area contributed by atoms with Gasteiger partial charge in [0.2, 0.25) is 10.3 Å². The van der Waals surface area contributed by atoms with Gasteiger partial charge >= 0.3 is 0 Å². The lowest BCUT2D eigenvalue weighted by atomic mass is 9.93. The van der Waals surface area contributed by atoms with E-state index in [-0.39, 0.29) is 0 Å². The molecule has 2 rings (SSSR count). The summed E-state index contributed by atoms with van der Waals surface area (Å²) in [6.07, 6.45) is 6.20. The maximum atomic E-state index is 10.6. The van der Waals surface area contributed by atoms with Crippen LogP contribution in [0.5, 0.6) is 0 Å². The van der Waals surface area contributed by atoms with Gasteiger partial charge in [-0.3, -0.25) is 0 Å². The van der Waals surface area contributed by atoms with Gasteiger partial charge in [-0.05, 0) is 19.3 Å². The third-order valence-corrected chi connectivity index (χ3v) is 3.15. The summed E-state index contributed by atoms with van der Waals surface area (Å²) in [5, 5.41) is 2.96. The predicted octanol–water partition coefficient (Wildman–Crippen LogP) is 0.673. The van der Waals surface area contributed by atoms with Crippen molar-refractivity contribution in [2.45, 2.75) is 25.7 Å². The van der Waals surface area contributed by atoms with E-state index in [9.17, 15) is 8.42 Å². The van der Waals surface area contributed by atoms with E-state index in [0.29, 0.717) is 17.3 Å². The number of hydrogen-bond acceptors (Lipinski definition) is 2. The van der Waals surface area contributed by atoms with Crippen LogP contribution >= 0.6 is 0 Å². The second-order valence-electron chi connectivity index (χ2n) is 3.27. The predicted molar refractivity (Wildman–Crippen MR) is 47.1 cm³/mol. The molecule has 1 unspecified atom stereocenters. The van der Waals surface area contributed by atoms with Gasteiger partial charge in [0, 0.05) is 18.0 Å². The lowest BCUT2D eigenvalue weighted by molar-refractivity contribution is 0.540. The molecule has 12 heavy (non-hydrogen) atoms. The van der Waals surface area contributed by atoms with Crippen LogP contribution in [-0.2, 0) is 10.3 Å². The minimum atomic E-state index is -2.04. The van der Waals surface area contributed by atoms with Gasteiger partial charge in [-0.2, -0.15) is 8.42 Å². The van der Waals surface area contributed by atoms with E-state index in [0.717, 1.165) is 18.5 Å². The summed E-state index contributed by atoms with van der Waals surface area (Å²) in [6.45, 7) is 0. The summed E-state index contributed by atoms with van der Waals surface area (Å²) >= 11 is 0. The first-order valence-corrected chi connectivity index (χ1v) is 5.27. The molecular formula is C8H11NO2S.